The van der Waals surface area contributed by atoms with Crippen molar-refractivity contribution in [2.45, 2.75) is 12.5 Å². The van der Waals surface area contributed by atoms with Gasteiger partial charge in [0.15, 0.2) is 0 Å². The summed E-state index contributed by atoms with van der Waals surface area (Å²) in [7, 11) is 0. The summed E-state index contributed by atoms with van der Waals surface area (Å²) in [5, 5.41) is 2.79. The number of nitrogens with one attached hydrogen (secondary N) is 2. The number of hydrogen-bond donors (Lipinski definition) is 2. The topological polar surface area (TPSA) is 71.2 Å². The molecule has 1 amide bonds. The minimum absolute atomic E-state index is 0.0974. The zero-order valence-corrected chi connectivity index (χ0v) is 14.1. The highest BCUT2D eigenvalue weighted by Gasteiger charge is 2.23. The largest absolute Gasteiger partial charge is 0.488 e. The monoisotopic (exact) mass is 346 g/mol. The Hall–Kier alpha value is -3.34. The SMILES string of the molecule is O=C(NC[C@H]1Cc2ccccc2O1)c1ccc(-c2ccccc2)[nH]c1=O. The minimum atomic E-state index is -0.403. The molecule has 2 N–H and O–H groups in total. The number of carbonyl (C=O) groups is 1. The average molecular weight is 346 g/mol. The van der Waals surface area contributed by atoms with Crippen molar-refractivity contribution in [2.24, 2.45) is 0 Å². The van der Waals surface area contributed by atoms with Gasteiger partial charge in [-0.3, -0.25) is 9.59 Å². The first-order valence-corrected chi connectivity index (χ1v) is 8.52. The fraction of sp³-hybridized carbons (Fsp3) is 0.143. The highest BCUT2D eigenvalue weighted by Crippen LogP contribution is 2.27. The number of ether oxygens (including phenoxy) is 1. The summed E-state index contributed by atoms with van der Waals surface area (Å²) in [6.07, 6.45) is 0.638. The Morgan fingerprint density at radius 2 is 1.81 bits per heavy atom. The van der Waals surface area contributed by atoms with Crippen LogP contribution in [0.5, 0.6) is 5.75 Å². The van der Waals surface area contributed by atoms with Gasteiger partial charge < -0.3 is 15.0 Å². The number of benzene rings is 2. The van der Waals surface area contributed by atoms with Crippen molar-refractivity contribution >= 4 is 5.91 Å². The number of H-pyrrole nitrogens is 1. The van der Waals surface area contributed by atoms with E-state index in [1.807, 2.05) is 54.6 Å². The predicted molar refractivity (Wildman–Crippen MR) is 99.4 cm³/mol. The molecule has 0 unspecified atom stereocenters. The molecule has 0 aliphatic carbocycles. The van der Waals surface area contributed by atoms with E-state index in [0.29, 0.717) is 12.2 Å². The minimum Gasteiger partial charge on any atom is -0.488 e. The first-order valence-electron chi connectivity index (χ1n) is 8.52. The van der Waals surface area contributed by atoms with Crippen molar-refractivity contribution in [2.75, 3.05) is 6.54 Å². The fourth-order valence-corrected chi connectivity index (χ4v) is 3.11. The molecule has 0 radical (unpaired) electrons. The summed E-state index contributed by atoms with van der Waals surface area (Å²) < 4.78 is 5.80. The number of aromatic nitrogens is 1. The number of aromatic amines is 1. The van der Waals surface area contributed by atoms with E-state index in [1.54, 1.807) is 12.1 Å². The van der Waals surface area contributed by atoms with Gasteiger partial charge in [-0.15, -0.1) is 0 Å². The molecule has 1 aliphatic rings. The molecule has 1 aromatic heterocycles. The molecule has 4 rings (SSSR count). The Bertz CT molecular complexity index is 970. The van der Waals surface area contributed by atoms with Crippen molar-refractivity contribution in [3.63, 3.8) is 0 Å². The highest BCUT2D eigenvalue weighted by atomic mass is 16.5. The number of amides is 1. The van der Waals surface area contributed by atoms with Gasteiger partial charge in [0.1, 0.15) is 17.4 Å². The summed E-state index contributed by atoms with van der Waals surface area (Å²) in [5.41, 5.74) is 2.41. The Morgan fingerprint density at radius 3 is 2.58 bits per heavy atom. The van der Waals surface area contributed by atoms with Gasteiger partial charge in [0.2, 0.25) is 0 Å². The molecular formula is C21H18N2O3. The van der Waals surface area contributed by atoms with Crippen LogP contribution in [0.1, 0.15) is 15.9 Å². The van der Waals surface area contributed by atoms with Crippen LogP contribution >= 0.6 is 0 Å². The Morgan fingerprint density at radius 1 is 1.04 bits per heavy atom. The molecule has 2 aromatic carbocycles. The molecule has 0 bridgehead atoms. The van der Waals surface area contributed by atoms with Gasteiger partial charge in [-0.2, -0.15) is 0 Å². The molecule has 0 saturated heterocycles. The maximum atomic E-state index is 12.4. The number of hydrogen-bond acceptors (Lipinski definition) is 3. The van der Waals surface area contributed by atoms with Crippen LogP contribution in [-0.2, 0) is 6.42 Å². The van der Waals surface area contributed by atoms with Gasteiger partial charge in [0, 0.05) is 12.1 Å². The van der Waals surface area contributed by atoms with E-state index in [4.69, 9.17) is 4.74 Å². The van der Waals surface area contributed by atoms with Gasteiger partial charge in [-0.05, 0) is 29.3 Å². The average Bonchev–Trinajstić information content (AvgIpc) is 3.10. The molecule has 5 heteroatoms. The third-order valence-corrected chi connectivity index (χ3v) is 4.44. The predicted octanol–water partition coefficient (Wildman–Crippen LogP) is 2.78. The van der Waals surface area contributed by atoms with Crippen molar-refractivity contribution in [1.29, 1.82) is 0 Å². The maximum absolute atomic E-state index is 12.4. The lowest BCUT2D eigenvalue weighted by Crippen LogP contribution is -2.36. The van der Waals surface area contributed by atoms with Crippen LogP contribution in [0, 0.1) is 0 Å². The lowest BCUT2D eigenvalue weighted by molar-refractivity contribution is 0.0932. The molecule has 3 aromatic rings. The van der Waals surface area contributed by atoms with Crippen LogP contribution < -0.4 is 15.6 Å². The van der Waals surface area contributed by atoms with Crippen LogP contribution in [-0.4, -0.2) is 23.5 Å². The number of rotatable bonds is 4. The number of fused-ring (bicyclic) bond motifs is 1. The first-order chi connectivity index (χ1) is 12.7. The van der Waals surface area contributed by atoms with Gasteiger partial charge in [0.05, 0.1) is 6.54 Å². The molecule has 0 fully saturated rings. The fourth-order valence-electron chi connectivity index (χ4n) is 3.11. The van der Waals surface area contributed by atoms with E-state index in [2.05, 4.69) is 10.3 Å². The molecule has 0 saturated carbocycles. The zero-order valence-electron chi connectivity index (χ0n) is 14.1. The molecule has 5 nitrogen and oxygen atoms in total. The van der Waals surface area contributed by atoms with Gasteiger partial charge >= 0.3 is 0 Å². The number of pyridine rings is 1. The standard InChI is InChI=1S/C21H18N2O3/c24-20(22-13-16-12-15-8-4-5-9-19(15)26-16)17-10-11-18(23-21(17)25)14-6-2-1-3-7-14/h1-11,16H,12-13H2,(H,22,24)(H,23,25)/t16-/m1/s1. The van der Waals surface area contributed by atoms with Gasteiger partial charge in [-0.25, -0.2) is 0 Å². The van der Waals surface area contributed by atoms with Crippen LogP contribution in [0.4, 0.5) is 0 Å². The summed E-state index contributed by atoms with van der Waals surface area (Å²) in [6.45, 7) is 0.355. The van der Waals surface area contributed by atoms with Gasteiger partial charge in [0.25, 0.3) is 11.5 Å². The van der Waals surface area contributed by atoms with Crippen molar-refractivity contribution in [3.05, 3.63) is 88.2 Å². The van der Waals surface area contributed by atoms with Crippen molar-refractivity contribution in [1.82, 2.24) is 10.3 Å². The third-order valence-electron chi connectivity index (χ3n) is 4.44. The molecule has 26 heavy (non-hydrogen) atoms. The van der Waals surface area contributed by atoms with Crippen LogP contribution in [0.25, 0.3) is 11.3 Å². The van der Waals surface area contributed by atoms with Crippen molar-refractivity contribution < 1.29 is 9.53 Å². The van der Waals surface area contributed by atoms with E-state index >= 15 is 0 Å². The van der Waals surface area contributed by atoms with E-state index in [-0.39, 0.29) is 11.7 Å². The normalized spacial score (nSPS) is 15.2. The van der Waals surface area contributed by atoms with E-state index in [1.165, 1.54) is 0 Å². The summed E-state index contributed by atoms with van der Waals surface area (Å²) >= 11 is 0. The first kappa shape index (κ1) is 16.1. The molecule has 130 valence electrons. The summed E-state index contributed by atoms with van der Waals surface area (Å²) in [4.78, 5) is 27.4. The second-order valence-corrected chi connectivity index (χ2v) is 6.24. The van der Waals surface area contributed by atoms with E-state index < -0.39 is 11.5 Å². The van der Waals surface area contributed by atoms with Crippen LogP contribution in [0.2, 0.25) is 0 Å². The molecule has 2 heterocycles. The summed E-state index contributed by atoms with van der Waals surface area (Å²) in [6, 6.07) is 20.6. The molecule has 0 spiro atoms. The second kappa shape index (κ2) is 6.88. The van der Waals surface area contributed by atoms with Crippen molar-refractivity contribution in [3.8, 4) is 17.0 Å². The quantitative estimate of drug-likeness (QED) is 0.763. The Labute approximate surface area is 150 Å². The number of carbonyl (C=O) groups excluding carboxylic acids is 1. The lowest BCUT2D eigenvalue weighted by atomic mass is 10.1. The summed E-state index contributed by atoms with van der Waals surface area (Å²) in [5.74, 6) is 0.460. The second-order valence-electron chi connectivity index (χ2n) is 6.24. The van der Waals surface area contributed by atoms with Crippen LogP contribution in [0.3, 0.4) is 0 Å². The zero-order chi connectivity index (χ0) is 17.9. The molecular weight excluding hydrogens is 328 g/mol. The highest BCUT2D eigenvalue weighted by molar-refractivity contribution is 5.94. The van der Waals surface area contributed by atoms with Gasteiger partial charge in [-0.1, -0.05) is 48.5 Å². The Kier molecular flexibility index (Phi) is 4.27. The smallest absolute Gasteiger partial charge is 0.261 e. The Balaban J connectivity index is 1.42. The lowest BCUT2D eigenvalue weighted by Gasteiger charge is -2.12. The third kappa shape index (κ3) is 3.24. The number of para-hydroxylation sites is 1. The molecule has 1 atom stereocenters. The molecule has 1 aliphatic heterocycles. The van der Waals surface area contributed by atoms with E-state index in [0.717, 1.165) is 23.3 Å². The maximum Gasteiger partial charge on any atom is 0.261 e. The van der Waals surface area contributed by atoms with E-state index in [9.17, 15) is 9.59 Å². The van der Waals surface area contributed by atoms with Crippen LogP contribution in [0.15, 0.2) is 71.5 Å².